The number of ether oxygens (including phenoxy) is 2. The summed E-state index contributed by atoms with van der Waals surface area (Å²) in [5.41, 5.74) is 3.35. The standard InChI is InChI=1S/C24H23Cl3N2O3/c1-3-31-22-11-16(13-28-18-8-5-17(25)6-9-18)10-21(27)24(22)32-14-23(30)29-19-7-4-15(2)20(26)12-19/h4-12,28H,3,13-14H2,1-2H3,(H,29,30). The number of carbonyl (C=O) groups is 1. The van der Waals surface area contributed by atoms with Crippen LogP contribution in [0.3, 0.4) is 0 Å². The lowest BCUT2D eigenvalue weighted by molar-refractivity contribution is -0.118. The van der Waals surface area contributed by atoms with Crippen LogP contribution < -0.4 is 20.1 Å². The largest absolute Gasteiger partial charge is 0.490 e. The summed E-state index contributed by atoms with van der Waals surface area (Å²) in [6.07, 6.45) is 0. The molecule has 0 aliphatic rings. The van der Waals surface area contributed by atoms with Crippen LogP contribution >= 0.6 is 34.8 Å². The molecule has 0 aliphatic heterocycles. The molecule has 0 bridgehead atoms. The van der Waals surface area contributed by atoms with Crippen LogP contribution in [-0.4, -0.2) is 19.1 Å². The van der Waals surface area contributed by atoms with E-state index in [0.29, 0.717) is 45.4 Å². The molecule has 0 aromatic heterocycles. The van der Waals surface area contributed by atoms with Crippen molar-refractivity contribution in [2.24, 2.45) is 0 Å². The second-order valence-electron chi connectivity index (χ2n) is 7.00. The van der Waals surface area contributed by atoms with Crippen LogP contribution in [0.2, 0.25) is 15.1 Å². The fraction of sp³-hybridized carbons (Fsp3) is 0.208. The summed E-state index contributed by atoms with van der Waals surface area (Å²) in [7, 11) is 0. The van der Waals surface area contributed by atoms with Gasteiger partial charge < -0.3 is 20.1 Å². The van der Waals surface area contributed by atoms with E-state index in [1.54, 1.807) is 18.2 Å². The Morgan fingerprint density at radius 1 is 0.906 bits per heavy atom. The van der Waals surface area contributed by atoms with E-state index in [4.69, 9.17) is 44.3 Å². The zero-order chi connectivity index (χ0) is 23.1. The van der Waals surface area contributed by atoms with Gasteiger partial charge in [-0.15, -0.1) is 0 Å². The van der Waals surface area contributed by atoms with Crippen LogP contribution in [0.25, 0.3) is 0 Å². The zero-order valence-corrected chi connectivity index (χ0v) is 19.9. The van der Waals surface area contributed by atoms with Gasteiger partial charge in [-0.3, -0.25) is 4.79 Å². The molecule has 2 N–H and O–H groups in total. The molecule has 3 rings (SSSR count). The van der Waals surface area contributed by atoms with Gasteiger partial charge in [-0.25, -0.2) is 0 Å². The van der Waals surface area contributed by atoms with Crippen LogP contribution in [0.15, 0.2) is 54.6 Å². The third-order valence-corrected chi connectivity index (χ3v) is 5.45. The number of carbonyl (C=O) groups excluding carboxylic acids is 1. The molecular weight excluding hydrogens is 471 g/mol. The number of hydrogen-bond donors (Lipinski definition) is 2. The van der Waals surface area contributed by atoms with Crippen molar-refractivity contribution < 1.29 is 14.3 Å². The minimum Gasteiger partial charge on any atom is -0.490 e. The van der Waals surface area contributed by atoms with Crippen molar-refractivity contribution in [3.63, 3.8) is 0 Å². The Morgan fingerprint density at radius 3 is 2.31 bits per heavy atom. The Bertz CT molecular complexity index is 1090. The van der Waals surface area contributed by atoms with Crippen LogP contribution in [-0.2, 0) is 11.3 Å². The molecule has 0 saturated carbocycles. The average Bonchev–Trinajstić information content (AvgIpc) is 2.75. The molecule has 0 unspecified atom stereocenters. The Hall–Kier alpha value is -2.60. The molecule has 0 fully saturated rings. The highest BCUT2D eigenvalue weighted by Crippen LogP contribution is 2.37. The summed E-state index contributed by atoms with van der Waals surface area (Å²) < 4.78 is 11.4. The highest BCUT2D eigenvalue weighted by atomic mass is 35.5. The first-order valence-electron chi connectivity index (χ1n) is 9.99. The van der Waals surface area contributed by atoms with E-state index in [2.05, 4.69) is 10.6 Å². The number of benzene rings is 3. The van der Waals surface area contributed by atoms with Crippen molar-refractivity contribution in [2.45, 2.75) is 20.4 Å². The quantitative estimate of drug-likeness (QED) is 0.337. The summed E-state index contributed by atoms with van der Waals surface area (Å²) in [5, 5.41) is 7.66. The Morgan fingerprint density at radius 2 is 1.62 bits per heavy atom. The van der Waals surface area contributed by atoms with Crippen molar-refractivity contribution >= 4 is 52.1 Å². The van der Waals surface area contributed by atoms with Gasteiger partial charge in [0.2, 0.25) is 0 Å². The van der Waals surface area contributed by atoms with Gasteiger partial charge in [0.15, 0.2) is 18.1 Å². The lowest BCUT2D eigenvalue weighted by Crippen LogP contribution is -2.20. The summed E-state index contributed by atoms with van der Waals surface area (Å²) in [6.45, 7) is 4.48. The smallest absolute Gasteiger partial charge is 0.262 e. The van der Waals surface area contributed by atoms with Crippen LogP contribution in [0, 0.1) is 6.92 Å². The molecule has 0 saturated heterocycles. The fourth-order valence-corrected chi connectivity index (χ4v) is 3.50. The Kier molecular flexibility index (Phi) is 8.51. The topological polar surface area (TPSA) is 59.6 Å². The number of amides is 1. The van der Waals surface area contributed by atoms with Crippen LogP contribution in [0.1, 0.15) is 18.1 Å². The third-order valence-electron chi connectivity index (χ3n) is 4.51. The molecule has 5 nitrogen and oxygen atoms in total. The van der Waals surface area contributed by atoms with Crippen molar-refractivity contribution in [3.8, 4) is 11.5 Å². The van der Waals surface area contributed by atoms with E-state index in [0.717, 1.165) is 16.8 Å². The molecule has 0 heterocycles. The van der Waals surface area contributed by atoms with E-state index < -0.39 is 0 Å². The van der Waals surface area contributed by atoms with Crippen molar-refractivity contribution in [1.29, 1.82) is 0 Å². The number of anilines is 2. The molecule has 3 aromatic carbocycles. The molecule has 0 radical (unpaired) electrons. The number of halogens is 3. The second kappa shape index (κ2) is 11.3. The van der Waals surface area contributed by atoms with Gasteiger partial charge in [0.1, 0.15) is 0 Å². The molecular formula is C24H23Cl3N2O3. The number of rotatable bonds is 9. The Labute approximate surface area is 202 Å². The summed E-state index contributed by atoms with van der Waals surface area (Å²) in [5.74, 6) is 0.455. The van der Waals surface area contributed by atoms with Crippen LogP contribution in [0.5, 0.6) is 11.5 Å². The van der Waals surface area contributed by atoms with Gasteiger partial charge in [-0.1, -0.05) is 40.9 Å². The summed E-state index contributed by atoms with van der Waals surface area (Å²) in [4.78, 5) is 12.3. The third kappa shape index (κ3) is 6.70. The average molecular weight is 494 g/mol. The monoisotopic (exact) mass is 492 g/mol. The molecule has 168 valence electrons. The van der Waals surface area contributed by atoms with E-state index in [1.165, 1.54) is 0 Å². The maximum absolute atomic E-state index is 12.3. The van der Waals surface area contributed by atoms with Gasteiger partial charge in [-0.05, 0) is 73.5 Å². The molecule has 0 atom stereocenters. The molecule has 8 heteroatoms. The predicted octanol–water partition coefficient (Wildman–Crippen LogP) is 6.98. The zero-order valence-electron chi connectivity index (χ0n) is 17.7. The van der Waals surface area contributed by atoms with Gasteiger partial charge in [0.05, 0.1) is 11.6 Å². The van der Waals surface area contributed by atoms with E-state index in [-0.39, 0.29) is 12.5 Å². The van der Waals surface area contributed by atoms with Gasteiger partial charge in [0.25, 0.3) is 5.91 Å². The predicted molar refractivity (Wildman–Crippen MR) is 132 cm³/mol. The summed E-state index contributed by atoms with van der Waals surface area (Å²) in [6, 6.07) is 16.3. The van der Waals surface area contributed by atoms with E-state index in [1.807, 2.05) is 50.2 Å². The maximum Gasteiger partial charge on any atom is 0.262 e. The number of aryl methyl sites for hydroxylation is 1. The van der Waals surface area contributed by atoms with Gasteiger partial charge in [-0.2, -0.15) is 0 Å². The first-order chi connectivity index (χ1) is 15.4. The van der Waals surface area contributed by atoms with Crippen molar-refractivity contribution in [3.05, 3.63) is 80.8 Å². The molecule has 3 aromatic rings. The van der Waals surface area contributed by atoms with Gasteiger partial charge >= 0.3 is 0 Å². The molecule has 1 amide bonds. The lowest BCUT2D eigenvalue weighted by Gasteiger charge is -2.16. The number of hydrogen-bond acceptors (Lipinski definition) is 4. The minimum atomic E-state index is -0.336. The number of nitrogens with one attached hydrogen (secondary N) is 2. The molecule has 32 heavy (non-hydrogen) atoms. The van der Waals surface area contributed by atoms with Crippen molar-refractivity contribution in [1.82, 2.24) is 0 Å². The summed E-state index contributed by atoms with van der Waals surface area (Å²) >= 11 is 18.5. The van der Waals surface area contributed by atoms with E-state index >= 15 is 0 Å². The van der Waals surface area contributed by atoms with E-state index in [9.17, 15) is 4.79 Å². The van der Waals surface area contributed by atoms with Crippen LogP contribution in [0.4, 0.5) is 11.4 Å². The first-order valence-corrected chi connectivity index (χ1v) is 11.1. The Balaban J connectivity index is 1.66. The normalized spacial score (nSPS) is 10.5. The highest BCUT2D eigenvalue weighted by Gasteiger charge is 2.15. The lowest BCUT2D eigenvalue weighted by atomic mass is 10.2. The first kappa shape index (κ1) is 24.1. The van der Waals surface area contributed by atoms with Gasteiger partial charge in [0, 0.05) is 28.0 Å². The molecule has 0 spiro atoms. The molecule has 0 aliphatic carbocycles. The maximum atomic E-state index is 12.3. The highest BCUT2D eigenvalue weighted by molar-refractivity contribution is 6.32. The SMILES string of the molecule is CCOc1cc(CNc2ccc(Cl)cc2)cc(Cl)c1OCC(=O)Nc1ccc(C)c(Cl)c1. The fourth-order valence-electron chi connectivity index (χ4n) is 2.90. The van der Waals surface area contributed by atoms with Crippen molar-refractivity contribution in [2.75, 3.05) is 23.8 Å². The second-order valence-corrected chi connectivity index (χ2v) is 8.25. The minimum absolute atomic E-state index is 0.229.